The number of hydrogen-bond acceptors (Lipinski definition) is 6. The van der Waals surface area contributed by atoms with Crippen molar-refractivity contribution in [1.82, 2.24) is 0 Å². The van der Waals surface area contributed by atoms with E-state index in [2.05, 4.69) is 18.9 Å². The van der Waals surface area contributed by atoms with E-state index in [0.717, 1.165) is 24.3 Å². The Hall–Kier alpha value is -4.10. The molecule has 0 heterocycles. The van der Waals surface area contributed by atoms with Crippen molar-refractivity contribution in [2.24, 2.45) is 9.04 Å². The van der Waals surface area contributed by atoms with E-state index in [1.165, 1.54) is 24.3 Å². The SMILES string of the molecule is [N-]=[N+]=NS(=O)(=O)c1cccc(C(=O)O)c1.[N-]=[N+]=NS(=O)(=O)c1ccccc1C(=O)O. The molecule has 16 heteroatoms. The molecule has 0 radical (unpaired) electrons. The van der Waals surface area contributed by atoms with Crippen LogP contribution in [0, 0.1) is 0 Å². The lowest BCUT2D eigenvalue weighted by molar-refractivity contribution is 0.0683. The van der Waals surface area contributed by atoms with Crippen LogP contribution in [0.2, 0.25) is 0 Å². The zero-order valence-corrected chi connectivity index (χ0v) is 16.1. The van der Waals surface area contributed by atoms with Crippen molar-refractivity contribution in [1.29, 1.82) is 0 Å². The van der Waals surface area contributed by atoms with Crippen LogP contribution in [-0.4, -0.2) is 39.0 Å². The summed E-state index contributed by atoms with van der Waals surface area (Å²) in [5, 5.41) is 17.3. The zero-order chi connectivity index (χ0) is 22.9. The average Bonchev–Trinajstić information content (AvgIpc) is 2.68. The minimum absolute atomic E-state index is 0.191. The third-order valence-electron chi connectivity index (χ3n) is 3.06. The summed E-state index contributed by atoms with van der Waals surface area (Å²) < 4.78 is 50.1. The van der Waals surface area contributed by atoms with Crippen LogP contribution >= 0.6 is 0 Å². The number of benzene rings is 2. The van der Waals surface area contributed by atoms with Crippen molar-refractivity contribution in [2.45, 2.75) is 9.79 Å². The lowest BCUT2D eigenvalue weighted by Gasteiger charge is -2.01. The lowest BCUT2D eigenvalue weighted by atomic mass is 10.2. The highest BCUT2D eigenvalue weighted by atomic mass is 32.2. The fraction of sp³-hybridized carbons (Fsp3) is 0. The summed E-state index contributed by atoms with van der Waals surface area (Å²) in [5.74, 6) is -2.66. The molecule has 0 bridgehead atoms. The van der Waals surface area contributed by atoms with Gasteiger partial charge >= 0.3 is 11.9 Å². The monoisotopic (exact) mass is 454 g/mol. The molecule has 0 aliphatic rings. The Kier molecular flexibility index (Phi) is 7.90. The van der Waals surface area contributed by atoms with Crippen molar-refractivity contribution in [3.8, 4) is 0 Å². The van der Waals surface area contributed by atoms with Crippen LogP contribution in [0.25, 0.3) is 20.9 Å². The minimum Gasteiger partial charge on any atom is -0.478 e. The van der Waals surface area contributed by atoms with Crippen LogP contribution in [0.3, 0.4) is 0 Å². The van der Waals surface area contributed by atoms with E-state index >= 15 is 0 Å². The molecule has 0 aliphatic carbocycles. The lowest BCUT2D eigenvalue weighted by Crippen LogP contribution is -2.06. The summed E-state index contributed by atoms with van der Waals surface area (Å²) in [6, 6.07) is 9.45. The van der Waals surface area contributed by atoms with E-state index in [-0.39, 0.29) is 10.5 Å². The van der Waals surface area contributed by atoms with Gasteiger partial charge in [-0.15, -0.1) is 0 Å². The van der Waals surface area contributed by atoms with E-state index in [1.807, 2.05) is 0 Å². The molecule has 156 valence electrons. The Bertz CT molecular complexity index is 1290. The number of aromatic carboxylic acids is 2. The molecule has 2 aromatic rings. The molecule has 0 fully saturated rings. The molecule has 2 rings (SSSR count). The molecule has 2 aromatic carbocycles. The first-order valence-corrected chi connectivity index (χ1v) is 10.1. The van der Waals surface area contributed by atoms with Gasteiger partial charge in [0.2, 0.25) is 0 Å². The Morgan fingerprint density at radius 1 is 0.800 bits per heavy atom. The average molecular weight is 454 g/mol. The maximum atomic E-state index is 11.3. The number of rotatable bonds is 6. The molecule has 0 spiro atoms. The quantitative estimate of drug-likeness (QED) is 0.372. The fourth-order valence-corrected chi connectivity index (χ4v) is 3.43. The predicted octanol–water partition coefficient (Wildman–Crippen LogP) is 2.77. The van der Waals surface area contributed by atoms with Gasteiger partial charge < -0.3 is 10.2 Å². The van der Waals surface area contributed by atoms with Crippen molar-refractivity contribution < 1.29 is 36.6 Å². The van der Waals surface area contributed by atoms with E-state index in [1.54, 1.807) is 0 Å². The van der Waals surface area contributed by atoms with Gasteiger partial charge in [0.05, 0.1) is 20.9 Å². The number of carbonyl (C=O) groups is 2. The molecule has 14 nitrogen and oxygen atoms in total. The molecule has 0 atom stereocenters. The summed E-state index contributed by atoms with van der Waals surface area (Å²) in [6.45, 7) is 0. The zero-order valence-electron chi connectivity index (χ0n) is 14.5. The van der Waals surface area contributed by atoms with Gasteiger partial charge in [-0.2, -0.15) is 0 Å². The van der Waals surface area contributed by atoms with Gasteiger partial charge in [-0.1, -0.05) is 18.2 Å². The third-order valence-corrected chi connectivity index (χ3v) is 5.40. The molecule has 0 amide bonds. The Labute approximate surface area is 168 Å². The second kappa shape index (κ2) is 9.90. The van der Waals surface area contributed by atoms with Crippen LogP contribution in [0.15, 0.2) is 67.4 Å². The molecule has 0 saturated heterocycles. The van der Waals surface area contributed by atoms with Crippen LogP contribution in [0.1, 0.15) is 20.7 Å². The summed E-state index contributed by atoms with van der Waals surface area (Å²) in [4.78, 5) is 24.6. The highest BCUT2D eigenvalue weighted by Gasteiger charge is 2.20. The van der Waals surface area contributed by atoms with Crippen molar-refractivity contribution in [3.05, 3.63) is 80.5 Å². The highest BCUT2D eigenvalue weighted by Crippen LogP contribution is 2.18. The predicted molar refractivity (Wildman–Crippen MR) is 99.5 cm³/mol. The molecule has 30 heavy (non-hydrogen) atoms. The fourth-order valence-electron chi connectivity index (χ4n) is 1.85. The summed E-state index contributed by atoms with van der Waals surface area (Å²) in [6.07, 6.45) is 0. The Balaban J connectivity index is 0.000000300. The van der Waals surface area contributed by atoms with Crippen molar-refractivity contribution in [2.75, 3.05) is 0 Å². The molecular weight excluding hydrogens is 444 g/mol. The van der Waals surface area contributed by atoms with Gasteiger partial charge in [-0.3, -0.25) is 0 Å². The van der Waals surface area contributed by atoms with Crippen molar-refractivity contribution in [3.63, 3.8) is 0 Å². The van der Waals surface area contributed by atoms with E-state index < -0.39 is 42.4 Å². The van der Waals surface area contributed by atoms with Crippen LogP contribution < -0.4 is 0 Å². The van der Waals surface area contributed by atoms with Gasteiger partial charge in [-0.25, -0.2) is 26.4 Å². The largest absolute Gasteiger partial charge is 0.478 e. The number of sulfonamides is 2. The third kappa shape index (κ3) is 6.22. The molecule has 2 N–H and O–H groups in total. The highest BCUT2D eigenvalue weighted by molar-refractivity contribution is 7.90. The second-order valence-electron chi connectivity index (χ2n) is 4.93. The maximum Gasteiger partial charge on any atom is 0.337 e. The number of azide groups is 2. The second-order valence-corrected chi connectivity index (χ2v) is 8.06. The van der Waals surface area contributed by atoms with Gasteiger partial charge in [0.25, 0.3) is 20.0 Å². The topological polar surface area (TPSA) is 240 Å². The molecule has 0 saturated carbocycles. The van der Waals surface area contributed by atoms with Crippen LogP contribution in [-0.2, 0) is 20.0 Å². The maximum absolute atomic E-state index is 11.3. The molecular formula is C14H10N6O8S2. The number of carboxylic acids is 2. The first kappa shape index (κ1) is 23.9. The first-order valence-electron chi connectivity index (χ1n) is 7.24. The van der Waals surface area contributed by atoms with Gasteiger partial charge in [-0.05, 0) is 41.4 Å². The summed E-state index contributed by atoms with van der Waals surface area (Å²) >= 11 is 0. The van der Waals surface area contributed by atoms with Gasteiger partial charge in [0.1, 0.15) is 0 Å². The molecule has 0 unspecified atom stereocenters. The number of carboxylic acid groups (broad SMARTS) is 2. The Morgan fingerprint density at radius 2 is 1.37 bits per heavy atom. The molecule has 0 aromatic heterocycles. The van der Waals surface area contributed by atoms with E-state index in [0.29, 0.717) is 0 Å². The smallest absolute Gasteiger partial charge is 0.337 e. The summed E-state index contributed by atoms with van der Waals surface area (Å²) in [5.41, 5.74) is 15.4. The standard InChI is InChI=1S/2C7H5N3O4S/c8-9-10-15(13,14)6-3-1-2-5(4-6)7(11)12;8-9-10-15(13,14)6-4-2-1-3-5(6)7(11)12/h2*1-4H,(H,11,12). The normalized spacial score (nSPS) is 10.4. The van der Waals surface area contributed by atoms with Gasteiger partial charge in [0, 0.05) is 18.9 Å². The van der Waals surface area contributed by atoms with E-state index in [9.17, 15) is 26.4 Å². The Morgan fingerprint density at radius 3 is 1.90 bits per heavy atom. The first-order chi connectivity index (χ1) is 14.0. The van der Waals surface area contributed by atoms with Crippen molar-refractivity contribution >= 4 is 32.0 Å². The van der Waals surface area contributed by atoms with Crippen LogP contribution in [0.5, 0.6) is 0 Å². The van der Waals surface area contributed by atoms with E-state index in [4.69, 9.17) is 21.3 Å². The molecule has 0 aliphatic heterocycles. The number of hydrogen-bond donors (Lipinski definition) is 2. The van der Waals surface area contributed by atoms with Crippen LogP contribution in [0.4, 0.5) is 0 Å². The minimum atomic E-state index is -4.26. The number of nitrogens with zero attached hydrogens (tertiary/aromatic N) is 6. The van der Waals surface area contributed by atoms with Gasteiger partial charge in [0.15, 0.2) is 0 Å². The summed E-state index contributed by atoms with van der Waals surface area (Å²) in [7, 11) is -8.38.